The molecule has 0 saturated heterocycles. The summed E-state index contributed by atoms with van der Waals surface area (Å²) in [5.41, 5.74) is -1.46. The van der Waals surface area contributed by atoms with Crippen LogP contribution in [0.5, 0.6) is 0 Å². The Kier molecular flexibility index (Phi) is 5.32. The standard InChI is InChI=1S/C25H40O5/c1-5-16(2)20(26)30-15-25(29)14-24-12-9-18-22(3,19(24)8-7-17(25)13-24)10-6-11-23(18,4)21(27)28/h16-19,29H,5-15H2,1-4H3,(H,27,28)/t16?,17-,18-,19-,22+,23+,24+,25-/m0/s1. The molecule has 0 aliphatic heterocycles. The predicted molar refractivity (Wildman–Crippen MR) is 114 cm³/mol. The van der Waals surface area contributed by atoms with Crippen LogP contribution in [0.3, 0.4) is 0 Å². The molecule has 4 fully saturated rings. The second-order valence-electron chi connectivity index (χ2n) is 11.8. The molecular formula is C25H40O5. The maximum atomic E-state index is 12.2. The first kappa shape index (κ1) is 22.1. The van der Waals surface area contributed by atoms with E-state index in [1.165, 1.54) is 0 Å². The van der Waals surface area contributed by atoms with E-state index in [0.29, 0.717) is 12.3 Å². The number of aliphatic hydroxyl groups is 1. The molecule has 2 bridgehead atoms. The normalized spacial score (nSPS) is 48.4. The second kappa shape index (κ2) is 7.21. The Bertz CT molecular complexity index is 720. The zero-order valence-corrected chi connectivity index (χ0v) is 19.2. The van der Waals surface area contributed by atoms with Crippen molar-refractivity contribution in [2.75, 3.05) is 6.61 Å². The van der Waals surface area contributed by atoms with E-state index in [-0.39, 0.29) is 41.2 Å². The Morgan fingerprint density at radius 3 is 2.50 bits per heavy atom. The molecule has 5 heteroatoms. The highest BCUT2D eigenvalue weighted by Crippen LogP contribution is 2.72. The summed E-state index contributed by atoms with van der Waals surface area (Å²) in [4.78, 5) is 24.5. The molecule has 4 saturated carbocycles. The van der Waals surface area contributed by atoms with Crippen LogP contribution < -0.4 is 0 Å². The number of hydrogen-bond acceptors (Lipinski definition) is 4. The Balaban J connectivity index is 1.57. The van der Waals surface area contributed by atoms with E-state index in [0.717, 1.165) is 57.8 Å². The number of carbonyl (C=O) groups is 2. The highest BCUT2D eigenvalue weighted by Gasteiger charge is 2.68. The summed E-state index contributed by atoms with van der Waals surface area (Å²) in [6.45, 7) is 8.28. The predicted octanol–water partition coefficient (Wildman–Crippen LogP) is 4.80. The van der Waals surface area contributed by atoms with Crippen molar-refractivity contribution in [2.45, 2.75) is 97.5 Å². The molecular weight excluding hydrogens is 380 g/mol. The lowest BCUT2D eigenvalue weighted by molar-refractivity contribution is -0.181. The van der Waals surface area contributed by atoms with Gasteiger partial charge in [0.1, 0.15) is 12.2 Å². The van der Waals surface area contributed by atoms with Gasteiger partial charge in [0.2, 0.25) is 0 Å². The summed E-state index contributed by atoms with van der Waals surface area (Å²) in [6, 6.07) is 0. The van der Waals surface area contributed by atoms with Gasteiger partial charge in [0.15, 0.2) is 0 Å². The molecule has 4 aliphatic rings. The van der Waals surface area contributed by atoms with Gasteiger partial charge in [-0.05, 0) is 93.3 Å². The fourth-order valence-corrected chi connectivity index (χ4v) is 8.55. The number of fused-ring (bicyclic) bond motifs is 3. The van der Waals surface area contributed by atoms with Crippen molar-refractivity contribution in [2.24, 2.45) is 39.9 Å². The van der Waals surface area contributed by atoms with E-state index in [4.69, 9.17) is 4.74 Å². The molecule has 170 valence electrons. The Morgan fingerprint density at radius 2 is 1.83 bits per heavy atom. The minimum atomic E-state index is -0.925. The molecule has 1 spiro atoms. The van der Waals surface area contributed by atoms with Crippen molar-refractivity contribution in [3.05, 3.63) is 0 Å². The summed E-state index contributed by atoms with van der Waals surface area (Å²) >= 11 is 0. The third kappa shape index (κ3) is 3.05. The van der Waals surface area contributed by atoms with Gasteiger partial charge >= 0.3 is 11.9 Å². The van der Waals surface area contributed by atoms with Gasteiger partial charge in [0, 0.05) is 0 Å². The first-order chi connectivity index (χ1) is 14.0. The van der Waals surface area contributed by atoms with Crippen LogP contribution in [0.2, 0.25) is 0 Å². The summed E-state index contributed by atoms with van der Waals surface area (Å²) in [6.07, 6.45) is 9.25. The van der Waals surface area contributed by atoms with Crippen LogP contribution in [0.1, 0.15) is 91.9 Å². The number of rotatable bonds is 5. The van der Waals surface area contributed by atoms with Gasteiger partial charge in [-0.3, -0.25) is 9.59 Å². The van der Waals surface area contributed by atoms with Crippen molar-refractivity contribution in [3.8, 4) is 0 Å². The maximum Gasteiger partial charge on any atom is 0.309 e. The summed E-state index contributed by atoms with van der Waals surface area (Å²) in [7, 11) is 0. The monoisotopic (exact) mass is 420 g/mol. The van der Waals surface area contributed by atoms with Crippen LogP contribution in [0.25, 0.3) is 0 Å². The van der Waals surface area contributed by atoms with Crippen LogP contribution in [0.15, 0.2) is 0 Å². The van der Waals surface area contributed by atoms with Crippen molar-refractivity contribution >= 4 is 11.9 Å². The topological polar surface area (TPSA) is 83.8 Å². The van der Waals surface area contributed by atoms with Gasteiger partial charge in [-0.1, -0.05) is 27.2 Å². The number of ether oxygens (including phenoxy) is 1. The number of carbonyl (C=O) groups excluding carboxylic acids is 1. The van der Waals surface area contributed by atoms with E-state index in [2.05, 4.69) is 6.92 Å². The molecule has 0 amide bonds. The van der Waals surface area contributed by atoms with Gasteiger partial charge in [0.05, 0.1) is 11.3 Å². The van der Waals surface area contributed by atoms with Crippen LogP contribution >= 0.6 is 0 Å². The fourth-order valence-electron chi connectivity index (χ4n) is 8.55. The number of hydrogen-bond donors (Lipinski definition) is 2. The zero-order chi connectivity index (χ0) is 21.9. The average Bonchev–Trinajstić information content (AvgIpc) is 2.90. The van der Waals surface area contributed by atoms with Crippen molar-refractivity contribution < 1.29 is 24.5 Å². The first-order valence-electron chi connectivity index (χ1n) is 12.1. The maximum absolute atomic E-state index is 12.2. The van der Waals surface area contributed by atoms with Crippen molar-refractivity contribution in [1.82, 2.24) is 0 Å². The minimum absolute atomic E-state index is 0.0211. The van der Waals surface area contributed by atoms with Crippen LogP contribution in [0.4, 0.5) is 0 Å². The van der Waals surface area contributed by atoms with Gasteiger partial charge < -0.3 is 14.9 Å². The fraction of sp³-hybridized carbons (Fsp3) is 0.920. The summed E-state index contributed by atoms with van der Waals surface area (Å²) in [5, 5.41) is 21.7. The Morgan fingerprint density at radius 1 is 1.10 bits per heavy atom. The van der Waals surface area contributed by atoms with E-state index in [1.54, 1.807) is 0 Å². The molecule has 4 aliphatic carbocycles. The van der Waals surface area contributed by atoms with E-state index in [9.17, 15) is 19.8 Å². The summed E-state index contributed by atoms with van der Waals surface area (Å²) in [5.74, 6) is -0.123. The molecule has 0 heterocycles. The molecule has 4 rings (SSSR count). The van der Waals surface area contributed by atoms with Gasteiger partial charge in [0.25, 0.3) is 0 Å². The largest absolute Gasteiger partial charge is 0.481 e. The van der Waals surface area contributed by atoms with Gasteiger partial charge in [-0.15, -0.1) is 0 Å². The Hall–Kier alpha value is -1.10. The molecule has 0 aromatic heterocycles. The molecule has 0 radical (unpaired) electrons. The van der Waals surface area contributed by atoms with E-state index >= 15 is 0 Å². The third-order valence-electron chi connectivity index (χ3n) is 10.3. The van der Waals surface area contributed by atoms with Crippen LogP contribution in [0, 0.1) is 39.9 Å². The molecule has 8 atom stereocenters. The number of carboxylic acid groups (broad SMARTS) is 1. The number of aliphatic carboxylic acids is 1. The van der Waals surface area contributed by atoms with Crippen molar-refractivity contribution in [1.29, 1.82) is 0 Å². The quantitative estimate of drug-likeness (QED) is 0.624. The molecule has 5 nitrogen and oxygen atoms in total. The van der Waals surface area contributed by atoms with Crippen molar-refractivity contribution in [3.63, 3.8) is 0 Å². The number of esters is 1. The van der Waals surface area contributed by atoms with Gasteiger partial charge in [-0.2, -0.15) is 0 Å². The molecule has 1 unspecified atom stereocenters. The van der Waals surface area contributed by atoms with E-state index < -0.39 is 17.0 Å². The van der Waals surface area contributed by atoms with E-state index in [1.807, 2.05) is 20.8 Å². The highest BCUT2D eigenvalue weighted by molar-refractivity contribution is 5.75. The first-order valence-corrected chi connectivity index (χ1v) is 12.1. The zero-order valence-electron chi connectivity index (χ0n) is 19.2. The summed E-state index contributed by atoms with van der Waals surface area (Å²) < 4.78 is 5.60. The molecule has 0 aromatic rings. The smallest absolute Gasteiger partial charge is 0.309 e. The second-order valence-corrected chi connectivity index (χ2v) is 11.8. The van der Waals surface area contributed by atoms with Crippen LogP contribution in [-0.4, -0.2) is 34.4 Å². The third-order valence-corrected chi connectivity index (χ3v) is 10.3. The lowest BCUT2D eigenvalue weighted by atomic mass is 9.41. The molecule has 2 N–H and O–H groups in total. The highest BCUT2D eigenvalue weighted by atomic mass is 16.5. The lowest BCUT2D eigenvalue weighted by Crippen LogP contribution is -2.58. The minimum Gasteiger partial charge on any atom is -0.481 e. The molecule has 0 aromatic carbocycles. The lowest BCUT2D eigenvalue weighted by Gasteiger charge is -2.63. The number of carboxylic acids is 1. The van der Waals surface area contributed by atoms with Gasteiger partial charge in [-0.25, -0.2) is 0 Å². The molecule has 30 heavy (non-hydrogen) atoms. The SMILES string of the molecule is CCC(C)C(=O)OC[C@@]1(O)C[C@]23CC[C@H]4[C@@](C)(CCC[C@@]4(C)C(=O)O)[C@@H]2CC[C@H]1C3. The average molecular weight is 421 g/mol. The Labute approximate surface area is 180 Å². The van der Waals surface area contributed by atoms with Crippen LogP contribution in [-0.2, 0) is 14.3 Å².